The van der Waals surface area contributed by atoms with E-state index in [-0.39, 0.29) is 11.7 Å². The van der Waals surface area contributed by atoms with Crippen LogP contribution >= 0.6 is 11.3 Å². The van der Waals surface area contributed by atoms with Crippen LogP contribution in [0.3, 0.4) is 0 Å². The minimum Gasteiger partial charge on any atom is -0.461 e. The van der Waals surface area contributed by atoms with Crippen molar-refractivity contribution in [1.29, 1.82) is 0 Å². The molecule has 158 valence electrons. The van der Waals surface area contributed by atoms with Gasteiger partial charge in [0.2, 0.25) is 5.91 Å². The summed E-state index contributed by atoms with van der Waals surface area (Å²) < 4.78 is 21.0. The van der Waals surface area contributed by atoms with Crippen LogP contribution in [0.25, 0.3) is 21.5 Å². The first-order valence-corrected chi connectivity index (χ1v) is 11.5. The number of rotatable bonds is 5. The molecule has 1 unspecified atom stereocenters. The highest BCUT2D eigenvalue weighted by Crippen LogP contribution is 2.33. The fourth-order valence-electron chi connectivity index (χ4n) is 4.18. The summed E-state index contributed by atoms with van der Waals surface area (Å²) in [7, 11) is 0. The summed E-state index contributed by atoms with van der Waals surface area (Å²) in [6.07, 6.45) is 2.95. The van der Waals surface area contributed by atoms with Gasteiger partial charge in [-0.15, -0.1) is 11.3 Å². The first-order chi connectivity index (χ1) is 15.2. The number of benzene rings is 2. The van der Waals surface area contributed by atoms with Crippen LogP contribution in [0.2, 0.25) is 0 Å². The van der Waals surface area contributed by atoms with Gasteiger partial charge >= 0.3 is 0 Å². The zero-order chi connectivity index (χ0) is 21.2. The van der Waals surface area contributed by atoms with Crippen molar-refractivity contribution in [3.63, 3.8) is 0 Å². The Kier molecular flexibility index (Phi) is 5.55. The zero-order valence-electron chi connectivity index (χ0n) is 17.1. The number of aryl methyl sites for hydroxylation is 1. The van der Waals surface area contributed by atoms with E-state index in [0.717, 1.165) is 36.5 Å². The Morgan fingerprint density at radius 2 is 1.97 bits per heavy atom. The van der Waals surface area contributed by atoms with Crippen molar-refractivity contribution in [2.24, 2.45) is 0 Å². The molecule has 0 bridgehead atoms. The lowest BCUT2D eigenvalue weighted by molar-refractivity contribution is -0.132. The van der Waals surface area contributed by atoms with Crippen LogP contribution in [0.1, 0.15) is 35.9 Å². The van der Waals surface area contributed by atoms with E-state index < -0.39 is 0 Å². The number of carbonyl (C=O) groups is 1. The number of nitrogens with zero attached hydrogens (tertiary/aromatic N) is 2. The van der Waals surface area contributed by atoms with Crippen LogP contribution in [0, 0.1) is 5.82 Å². The summed E-state index contributed by atoms with van der Waals surface area (Å²) in [4.78, 5) is 19.6. The van der Waals surface area contributed by atoms with Gasteiger partial charge in [-0.2, -0.15) is 0 Å². The monoisotopic (exact) mass is 434 g/mol. The van der Waals surface area contributed by atoms with E-state index in [1.165, 1.54) is 10.8 Å². The maximum Gasteiger partial charge on any atom is 0.223 e. The standard InChI is InChI=1S/C25H23FN2O2S/c26-20-8-2-1-7-19(20)22-13-11-18(30-22)12-14-24(29)28-15-5-6-17(16-28)25-27-21-9-3-4-10-23(21)31-25/h1-4,7-11,13,17H,5-6,12,14-16H2. The van der Waals surface area contributed by atoms with E-state index in [2.05, 4.69) is 6.07 Å². The van der Waals surface area contributed by atoms with Crippen LogP contribution in [0.5, 0.6) is 0 Å². The van der Waals surface area contributed by atoms with Crippen molar-refractivity contribution in [2.45, 2.75) is 31.6 Å². The Hall–Kier alpha value is -2.99. The molecule has 1 saturated heterocycles. The first kappa shape index (κ1) is 19.9. The van der Waals surface area contributed by atoms with E-state index in [1.807, 2.05) is 29.2 Å². The Labute approximate surface area is 184 Å². The van der Waals surface area contributed by atoms with Gasteiger partial charge in [0.1, 0.15) is 17.3 Å². The van der Waals surface area contributed by atoms with Crippen molar-refractivity contribution in [2.75, 3.05) is 13.1 Å². The third-order valence-electron chi connectivity index (χ3n) is 5.82. The molecule has 1 aliphatic heterocycles. The SMILES string of the molecule is O=C(CCc1ccc(-c2ccccc2F)o1)N1CCCC(c2nc3ccccc3s2)C1. The van der Waals surface area contributed by atoms with Crippen LogP contribution in [-0.4, -0.2) is 28.9 Å². The third-order valence-corrected chi connectivity index (χ3v) is 7.02. The van der Waals surface area contributed by atoms with Gasteiger partial charge in [0.05, 0.1) is 20.8 Å². The van der Waals surface area contributed by atoms with E-state index in [4.69, 9.17) is 9.40 Å². The summed E-state index contributed by atoms with van der Waals surface area (Å²) in [5.74, 6) is 1.32. The lowest BCUT2D eigenvalue weighted by atomic mass is 9.98. The lowest BCUT2D eigenvalue weighted by Gasteiger charge is -2.31. The topological polar surface area (TPSA) is 46.3 Å². The molecule has 0 aliphatic carbocycles. The fourth-order valence-corrected chi connectivity index (χ4v) is 5.27. The summed E-state index contributed by atoms with van der Waals surface area (Å²) in [6, 6.07) is 18.3. The highest BCUT2D eigenvalue weighted by Gasteiger charge is 2.27. The number of carbonyl (C=O) groups excluding carboxylic acids is 1. The largest absolute Gasteiger partial charge is 0.461 e. The minimum absolute atomic E-state index is 0.134. The Balaban J connectivity index is 1.21. The van der Waals surface area contributed by atoms with Crippen molar-refractivity contribution in [3.8, 4) is 11.3 Å². The molecule has 1 amide bonds. The smallest absolute Gasteiger partial charge is 0.223 e. The lowest BCUT2D eigenvalue weighted by Crippen LogP contribution is -2.39. The van der Waals surface area contributed by atoms with Crippen LogP contribution < -0.4 is 0 Å². The number of halogens is 1. The molecule has 4 aromatic rings. The number of hydrogen-bond acceptors (Lipinski definition) is 4. The highest BCUT2D eigenvalue weighted by atomic mass is 32.1. The van der Waals surface area contributed by atoms with E-state index >= 15 is 0 Å². The van der Waals surface area contributed by atoms with Crippen LogP contribution in [0.15, 0.2) is 65.1 Å². The number of para-hydroxylation sites is 1. The van der Waals surface area contributed by atoms with Gasteiger partial charge in [-0.05, 0) is 49.2 Å². The first-order valence-electron chi connectivity index (χ1n) is 10.6. The van der Waals surface area contributed by atoms with E-state index in [1.54, 1.807) is 35.6 Å². The molecular formula is C25H23FN2O2S. The number of piperidine rings is 1. The maximum atomic E-state index is 14.0. The van der Waals surface area contributed by atoms with Crippen molar-refractivity contribution in [1.82, 2.24) is 9.88 Å². The second-order valence-corrected chi connectivity index (χ2v) is 9.01. The average molecular weight is 435 g/mol. The van der Waals surface area contributed by atoms with Gasteiger partial charge in [0, 0.05) is 31.8 Å². The van der Waals surface area contributed by atoms with Gasteiger partial charge in [-0.3, -0.25) is 4.79 Å². The second-order valence-electron chi connectivity index (χ2n) is 7.94. The number of furan rings is 1. The molecule has 31 heavy (non-hydrogen) atoms. The predicted molar refractivity (Wildman–Crippen MR) is 121 cm³/mol. The summed E-state index contributed by atoms with van der Waals surface area (Å²) in [5, 5.41) is 1.12. The van der Waals surface area contributed by atoms with Crippen LogP contribution in [-0.2, 0) is 11.2 Å². The van der Waals surface area contributed by atoms with Gasteiger partial charge in [0.15, 0.2) is 0 Å². The molecule has 1 fully saturated rings. The van der Waals surface area contributed by atoms with Gasteiger partial charge < -0.3 is 9.32 Å². The molecular weight excluding hydrogens is 411 g/mol. The van der Waals surface area contributed by atoms with Crippen molar-refractivity contribution in [3.05, 3.63) is 77.2 Å². The Bertz CT molecular complexity index is 1180. The Morgan fingerprint density at radius 3 is 2.84 bits per heavy atom. The summed E-state index contributed by atoms with van der Waals surface area (Å²) in [6.45, 7) is 1.51. The molecule has 3 heterocycles. The molecule has 0 spiro atoms. The van der Waals surface area contributed by atoms with Crippen molar-refractivity contribution >= 4 is 27.5 Å². The number of likely N-dealkylation sites (tertiary alicyclic amines) is 1. The average Bonchev–Trinajstić information content (AvgIpc) is 3.45. The molecule has 0 saturated carbocycles. The van der Waals surface area contributed by atoms with Gasteiger partial charge in [0.25, 0.3) is 0 Å². The number of thiazole rings is 1. The van der Waals surface area contributed by atoms with Crippen LogP contribution in [0.4, 0.5) is 4.39 Å². The zero-order valence-corrected chi connectivity index (χ0v) is 17.9. The quantitative estimate of drug-likeness (QED) is 0.385. The maximum absolute atomic E-state index is 14.0. The fraction of sp³-hybridized carbons (Fsp3) is 0.280. The molecule has 1 aliphatic rings. The molecule has 0 radical (unpaired) electrons. The summed E-state index contributed by atoms with van der Waals surface area (Å²) in [5.41, 5.74) is 1.48. The van der Waals surface area contributed by atoms with Gasteiger partial charge in [-0.1, -0.05) is 24.3 Å². The number of amides is 1. The molecule has 4 nitrogen and oxygen atoms in total. The molecule has 2 aromatic carbocycles. The predicted octanol–water partition coefficient (Wildman–Crippen LogP) is 6.03. The molecule has 5 rings (SSSR count). The Morgan fingerprint density at radius 1 is 1.13 bits per heavy atom. The number of hydrogen-bond donors (Lipinski definition) is 0. The van der Waals surface area contributed by atoms with E-state index in [0.29, 0.717) is 35.8 Å². The highest BCUT2D eigenvalue weighted by molar-refractivity contribution is 7.18. The normalized spacial score (nSPS) is 16.7. The summed E-state index contributed by atoms with van der Waals surface area (Å²) >= 11 is 1.73. The second kappa shape index (κ2) is 8.63. The molecule has 0 N–H and O–H groups in total. The molecule has 6 heteroatoms. The molecule has 2 aromatic heterocycles. The van der Waals surface area contributed by atoms with E-state index in [9.17, 15) is 9.18 Å². The number of fused-ring (bicyclic) bond motifs is 1. The number of aromatic nitrogens is 1. The van der Waals surface area contributed by atoms with Crippen molar-refractivity contribution < 1.29 is 13.6 Å². The third kappa shape index (κ3) is 4.26. The van der Waals surface area contributed by atoms with Gasteiger partial charge in [-0.25, -0.2) is 9.37 Å². The minimum atomic E-state index is -0.311. The molecule has 1 atom stereocenters.